The minimum atomic E-state index is -0.344. The number of benzene rings is 2. The van der Waals surface area contributed by atoms with Gasteiger partial charge < -0.3 is 23.9 Å². The van der Waals surface area contributed by atoms with Gasteiger partial charge in [0.05, 0.1) is 14.2 Å². The highest BCUT2D eigenvalue weighted by Gasteiger charge is 2.16. The second-order valence-corrected chi connectivity index (χ2v) is 6.88. The van der Waals surface area contributed by atoms with Crippen molar-refractivity contribution in [1.82, 2.24) is 20.0 Å². The summed E-state index contributed by atoms with van der Waals surface area (Å²) in [7, 11) is 3.12. The second-order valence-electron chi connectivity index (χ2n) is 6.88. The standard InChI is InChI=1S/C23H21FN4O4/c1-30-19-7-3-5-16(21(19)31-2)13-25-20(29)14-28-12-4-6-18(28)23-26-22(27-32-23)15-8-10-17(24)11-9-15/h3-12H,13-14H2,1-2H3,(H,25,29). The Balaban J connectivity index is 1.45. The van der Waals surface area contributed by atoms with Gasteiger partial charge in [-0.3, -0.25) is 4.79 Å². The van der Waals surface area contributed by atoms with Crippen LogP contribution in [0.2, 0.25) is 0 Å². The van der Waals surface area contributed by atoms with Crippen LogP contribution in [0.1, 0.15) is 5.56 Å². The molecule has 0 aliphatic carbocycles. The summed E-state index contributed by atoms with van der Waals surface area (Å²) in [6.07, 6.45) is 1.75. The number of hydrogen-bond donors (Lipinski definition) is 1. The Kier molecular flexibility index (Phi) is 6.16. The lowest BCUT2D eigenvalue weighted by Gasteiger charge is -2.13. The molecule has 4 aromatic rings. The van der Waals surface area contributed by atoms with Gasteiger partial charge >= 0.3 is 0 Å². The predicted molar refractivity (Wildman–Crippen MR) is 115 cm³/mol. The van der Waals surface area contributed by atoms with Crippen molar-refractivity contribution in [3.8, 4) is 34.5 Å². The van der Waals surface area contributed by atoms with Gasteiger partial charge in [0.15, 0.2) is 11.5 Å². The zero-order valence-electron chi connectivity index (χ0n) is 17.5. The van der Waals surface area contributed by atoms with Crippen molar-refractivity contribution in [2.75, 3.05) is 14.2 Å². The first-order chi connectivity index (χ1) is 15.6. The molecule has 4 rings (SSSR count). The summed E-state index contributed by atoms with van der Waals surface area (Å²) in [6, 6.07) is 14.9. The van der Waals surface area contributed by atoms with E-state index in [1.807, 2.05) is 12.1 Å². The molecule has 8 nitrogen and oxygen atoms in total. The maximum atomic E-state index is 13.1. The van der Waals surface area contributed by atoms with E-state index in [9.17, 15) is 9.18 Å². The average Bonchev–Trinajstić information content (AvgIpc) is 3.47. The van der Waals surface area contributed by atoms with Crippen molar-refractivity contribution in [2.24, 2.45) is 0 Å². The number of ether oxygens (including phenoxy) is 2. The maximum absolute atomic E-state index is 13.1. The van der Waals surface area contributed by atoms with Crippen molar-refractivity contribution in [2.45, 2.75) is 13.1 Å². The van der Waals surface area contributed by atoms with Crippen LogP contribution in [0.3, 0.4) is 0 Å². The van der Waals surface area contributed by atoms with E-state index >= 15 is 0 Å². The molecule has 0 spiro atoms. The third-order valence-corrected chi connectivity index (χ3v) is 4.85. The van der Waals surface area contributed by atoms with Crippen molar-refractivity contribution < 1.29 is 23.2 Å². The quantitative estimate of drug-likeness (QED) is 0.453. The molecule has 1 amide bonds. The SMILES string of the molecule is COc1cccc(CNC(=O)Cn2cccc2-c2nc(-c3ccc(F)cc3)no2)c1OC. The number of hydrogen-bond acceptors (Lipinski definition) is 6. The van der Waals surface area contributed by atoms with E-state index in [1.54, 1.807) is 55.3 Å². The van der Waals surface area contributed by atoms with Gasteiger partial charge in [-0.15, -0.1) is 0 Å². The van der Waals surface area contributed by atoms with Crippen LogP contribution in [-0.2, 0) is 17.9 Å². The predicted octanol–water partition coefficient (Wildman–Crippen LogP) is 3.68. The smallest absolute Gasteiger partial charge is 0.274 e. The van der Waals surface area contributed by atoms with Gasteiger partial charge in [-0.2, -0.15) is 4.98 Å². The van der Waals surface area contributed by atoms with E-state index in [0.29, 0.717) is 28.6 Å². The topological polar surface area (TPSA) is 91.4 Å². The molecule has 2 aromatic heterocycles. The average molecular weight is 436 g/mol. The van der Waals surface area contributed by atoms with Gasteiger partial charge in [0, 0.05) is 23.9 Å². The molecular formula is C23H21FN4O4. The van der Waals surface area contributed by atoms with Crippen LogP contribution in [0.25, 0.3) is 23.0 Å². The van der Waals surface area contributed by atoms with Crippen molar-refractivity contribution in [3.05, 3.63) is 72.2 Å². The number of methoxy groups -OCH3 is 2. The molecule has 0 atom stereocenters. The molecule has 2 heterocycles. The molecule has 2 aromatic carbocycles. The highest BCUT2D eigenvalue weighted by atomic mass is 19.1. The monoisotopic (exact) mass is 436 g/mol. The van der Waals surface area contributed by atoms with Crippen LogP contribution < -0.4 is 14.8 Å². The highest BCUT2D eigenvalue weighted by molar-refractivity contribution is 5.76. The Morgan fingerprint density at radius 2 is 1.91 bits per heavy atom. The van der Waals surface area contributed by atoms with Gasteiger partial charge in [0.2, 0.25) is 11.7 Å². The number of halogens is 1. The first-order valence-electron chi connectivity index (χ1n) is 9.80. The summed E-state index contributed by atoms with van der Waals surface area (Å²) in [6.45, 7) is 0.341. The lowest BCUT2D eigenvalue weighted by Crippen LogP contribution is -2.27. The third kappa shape index (κ3) is 4.46. The fourth-order valence-electron chi connectivity index (χ4n) is 3.29. The fraction of sp³-hybridized carbons (Fsp3) is 0.174. The van der Waals surface area contributed by atoms with Crippen molar-refractivity contribution in [3.63, 3.8) is 0 Å². The van der Waals surface area contributed by atoms with Crippen LogP contribution >= 0.6 is 0 Å². The van der Waals surface area contributed by atoms with Crippen LogP contribution in [0.4, 0.5) is 4.39 Å². The van der Waals surface area contributed by atoms with E-state index in [1.165, 1.54) is 12.1 Å². The lowest BCUT2D eigenvalue weighted by atomic mass is 10.2. The van der Waals surface area contributed by atoms with Crippen LogP contribution in [-0.4, -0.2) is 34.8 Å². The summed E-state index contributed by atoms with van der Waals surface area (Å²) >= 11 is 0. The summed E-state index contributed by atoms with van der Waals surface area (Å²) in [5, 5.41) is 6.84. The lowest BCUT2D eigenvalue weighted by molar-refractivity contribution is -0.121. The Bertz CT molecular complexity index is 1220. The molecule has 9 heteroatoms. The fourth-order valence-corrected chi connectivity index (χ4v) is 3.29. The van der Waals surface area contributed by atoms with Gasteiger partial charge in [0.25, 0.3) is 5.89 Å². The number of amides is 1. The van der Waals surface area contributed by atoms with Gasteiger partial charge in [-0.25, -0.2) is 4.39 Å². The summed E-state index contributed by atoms with van der Waals surface area (Å²) in [4.78, 5) is 16.9. The molecule has 0 fully saturated rings. The summed E-state index contributed by atoms with van der Waals surface area (Å²) in [5.74, 6) is 1.23. The van der Waals surface area contributed by atoms with E-state index in [2.05, 4.69) is 15.5 Å². The molecule has 164 valence electrons. The zero-order valence-corrected chi connectivity index (χ0v) is 17.5. The van der Waals surface area contributed by atoms with Crippen LogP contribution in [0.5, 0.6) is 11.5 Å². The molecule has 0 unspecified atom stereocenters. The number of carbonyl (C=O) groups is 1. The molecule has 0 saturated carbocycles. The third-order valence-electron chi connectivity index (χ3n) is 4.85. The normalized spacial score (nSPS) is 10.7. The van der Waals surface area contributed by atoms with Crippen LogP contribution in [0, 0.1) is 5.82 Å². The Morgan fingerprint density at radius 3 is 2.66 bits per heavy atom. The number of carbonyl (C=O) groups excluding carboxylic acids is 1. The number of para-hydroxylation sites is 1. The van der Waals surface area contributed by atoms with Gasteiger partial charge in [0.1, 0.15) is 18.1 Å². The Labute approximate surface area is 183 Å². The zero-order chi connectivity index (χ0) is 22.5. The van der Waals surface area contributed by atoms with Gasteiger partial charge in [-0.1, -0.05) is 17.3 Å². The van der Waals surface area contributed by atoms with E-state index in [0.717, 1.165) is 5.56 Å². The van der Waals surface area contributed by atoms with E-state index in [4.69, 9.17) is 14.0 Å². The molecule has 1 N–H and O–H groups in total. The molecule has 0 radical (unpaired) electrons. The number of rotatable bonds is 8. The molecule has 0 bridgehead atoms. The minimum Gasteiger partial charge on any atom is -0.493 e. The van der Waals surface area contributed by atoms with Crippen molar-refractivity contribution >= 4 is 5.91 Å². The van der Waals surface area contributed by atoms with E-state index < -0.39 is 0 Å². The first-order valence-corrected chi connectivity index (χ1v) is 9.80. The molecule has 0 aliphatic heterocycles. The Hall–Kier alpha value is -4.14. The first kappa shape index (κ1) is 21.1. The molecule has 0 aliphatic rings. The maximum Gasteiger partial charge on any atom is 0.274 e. The number of nitrogens with one attached hydrogen (secondary N) is 1. The van der Waals surface area contributed by atoms with Crippen LogP contribution in [0.15, 0.2) is 65.3 Å². The van der Waals surface area contributed by atoms with E-state index in [-0.39, 0.29) is 30.7 Å². The molecule has 0 saturated heterocycles. The summed E-state index contributed by atoms with van der Waals surface area (Å²) in [5.41, 5.74) is 2.03. The summed E-state index contributed by atoms with van der Waals surface area (Å²) < 4.78 is 30.9. The largest absolute Gasteiger partial charge is 0.493 e. The van der Waals surface area contributed by atoms with Gasteiger partial charge in [-0.05, 0) is 42.5 Å². The highest BCUT2D eigenvalue weighted by Crippen LogP contribution is 2.30. The molecular weight excluding hydrogens is 415 g/mol. The number of nitrogens with zero attached hydrogens (tertiary/aromatic N) is 3. The minimum absolute atomic E-state index is 0.0584. The second kappa shape index (κ2) is 9.34. The molecule has 32 heavy (non-hydrogen) atoms. The van der Waals surface area contributed by atoms with Crippen molar-refractivity contribution in [1.29, 1.82) is 0 Å². The Morgan fingerprint density at radius 1 is 1.09 bits per heavy atom. The number of aromatic nitrogens is 3.